The van der Waals surface area contributed by atoms with Crippen molar-refractivity contribution < 1.29 is 18.3 Å². The van der Waals surface area contributed by atoms with Crippen LogP contribution in [0.25, 0.3) is 0 Å². The molecule has 1 fully saturated rings. The van der Waals surface area contributed by atoms with Gasteiger partial charge in [-0.1, -0.05) is 15.9 Å². The van der Waals surface area contributed by atoms with Crippen LogP contribution in [0.4, 0.5) is 0 Å². The molecule has 1 heterocycles. The minimum absolute atomic E-state index is 0.158. The number of nitrogens with zero attached hydrogens (tertiary/aromatic N) is 2. The van der Waals surface area contributed by atoms with E-state index in [1.165, 1.54) is 22.7 Å². The van der Waals surface area contributed by atoms with Gasteiger partial charge in [0.05, 0.1) is 11.1 Å². The second kappa shape index (κ2) is 8.85. The third-order valence-electron chi connectivity index (χ3n) is 4.56. The van der Waals surface area contributed by atoms with E-state index in [0.29, 0.717) is 12.8 Å². The second-order valence-corrected chi connectivity index (χ2v) is 9.31. The Labute approximate surface area is 172 Å². The number of sulfonamides is 1. The first-order valence-corrected chi connectivity index (χ1v) is 11.0. The van der Waals surface area contributed by atoms with Gasteiger partial charge in [0, 0.05) is 23.5 Å². The molecule has 0 radical (unpaired) electrons. The van der Waals surface area contributed by atoms with E-state index in [9.17, 15) is 18.3 Å². The van der Waals surface area contributed by atoms with E-state index in [-0.39, 0.29) is 35.6 Å². The average molecular weight is 466 g/mol. The average Bonchev–Trinajstić information content (AvgIpc) is 2.70. The van der Waals surface area contributed by atoms with E-state index in [2.05, 4.69) is 26.5 Å². The maximum absolute atomic E-state index is 12.7. The van der Waals surface area contributed by atoms with Gasteiger partial charge in [0.15, 0.2) is 0 Å². The first-order valence-electron chi connectivity index (χ1n) is 8.74. The van der Waals surface area contributed by atoms with Gasteiger partial charge >= 0.3 is 0 Å². The number of amides is 1. The number of carbonyl (C=O) groups excluding carboxylic acids is 1. The highest BCUT2D eigenvalue weighted by atomic mass is 79.9. The Balaban J connectivity index is 1.53. The number of hydrogen-bond donors (Lipinski definition) is 2. The van der Waals surface area contributed by atoms with Gasteiger partial charge in [0.1, 0.15) is 5.75 Å². The van der Waals surface area contributed by atoms with E-state index in [0.717, 1.165) is 10.0 Å². The van der Waals surface area contributed by atoms with Crippen LogP contribution >= 0.6 is 15.9 Å². The SMILES string of the molecule is O=C(N/N=C/c1ccc(O)cc1)C1CCN(S(=O)(=O)c2ccc(Br)cc2)CC1. The first kappa shape index (κ1) is 20.5. The number of halogens is 1. The number of phenolic OH excluding ortho intramolecular Hbond substituents is 1. The molecule has 7 nitrogen and oxygen atoms in total. The number of carbonyl (C=O) groups is 1. The Morgan fingerprint density at radius 3 is 2.32 bits per heavy atom. The minimum Gasteiger partial charge on any atom is -0.508 e. The summed E-state index contributed by atoms with van der Waals surface area (Å²) in [6.45, 7) is 0.580. The van der Waals surface area contributed by atoms with E-state index >= 15 is 0 Å². The Morgan fingerprint density at radius 1 is 1.11 bits per heavy atom. The Morgan fingerprint density at radius 2 is 1.71 bits per heavy atom. The Kier molecular flexibility index (Phi) is 6.48. The van der Waals surface area contributed by atoms with E-state index in [1.54, 1.807) is 36.4 Å². The van der Waals surface area contributed by atoms with Crippen molar-refractivity contribution in [3.63, 3.8) is 0 Å². The molecular formula is C19H20BrN3O4S. The highest BCUT2D eigenvalue weighted by Crippen LogP contribution is 2.25. The monoisotopic (exact) mass is 465 g/mol. The standard InChI is InChI=1S/C19H20BrN3O4S/c20-16-3-7-18(8-4-16)28(26,27)23-11-9-15(10-12-23)19(25)22-21-13-14-1-5-17(24)6-2-14/h1-8,13,15,24H,9-12H2,(H,22,25)/b21-13+. The van der Waals surface area contributed by atoms with Crippen molar-refractivity contribution in [2.24, 2.45) is 11.0 Å². The molecule has 0 aromatic heterocycles. The van der Waals surface area contributed by atoms with Crippen molar-refractivity contribution in [2.45, 2.75) is 17.7 Å². The number of benzene rings is 2. The van der Waals surface area contributed by atoms with Gasteiger partial charge in [0.25, 0.3) is 0 Å². The number of hydrogen-bond acceptors (Lipinski definition) is 5. The predicted molar refractivity (Wildman–Crippen MR) is 109 cm³/mol. The molecule has 0 spiro atoms. The number of hydrazone groups is 1. The molecule has 28 heavy (non-hydrogen) atoms. The zero-order valence-electron chi connectivity index (χ0n) is 15.0. The second-order valence-electron chi connectivity index (χ2n) is 6.46. The summed E-state index contributed by atoms with van der Waals surface area (Å²) < 4.78 is 27.6. The number of nitrogens with one attached hydrogen (secondary N) is 1. The summed E-state index contributed by atoms with van der Waals surface area (Å²) in [5, 5.41) is 13.2. The van der Waals surface area contributed by atoms with Gasteiger partial charge in [-0.25, -0.2) is 13.8 Å². The molecule has 3 rings (SSSR count). The van der Waals surface area contributed by atoms with Crippen LogP contribution in [-0.2, 0) is 14.8 Å². The van der Waals surface area contributed by atoms with Gasteiger partial charge in [-0.05, 0) is 66.9 Å². The molecule has 2 N–H and O–H groups in total. The van der Waals surface area contributed by atoms with Gasteiger partial charge in [0.2, 0.25) is 15.9 Å². The van der Waals surface area contributed by atoms with Crippen molar-refractivity contribution in [1.29, 1.82) is 0 Å². The van der Waals surface area contributed by atoms with Crippen LogP contribution in [0.1, 0.15) is 18.4 Å². The lowest BCUT2D eigenvalue weighted by Gasteiger charge is -2.30. The smallest absolute Gasteiger partial charge is 0.243 e. The summed E-state index contributed by atoms with van der Waals surface area (Å²) in [6.07, 6.45) is 2.37. The maximum Gasteiger partial charge on any atom is 0.243 e. The van der Waals surface area contributed by atoms with Crippen LogP contribution in [0.3, 0.4) is 0 Å². The fourth-order valence-electron chi connectivity index (χ4n) is 2.94. The summed E-state index contributed by atoms with van der Waals surface area (Å²) in [7, 11) is -3.55. The predicted octanol–water partition coefficient (Wildman–Crippen LogP) is 2.71. The molecule has 1 saturated heterocycles. The quantitative estimate of drug-likeness (QED) is 0.523. The molecule has 0 saturated carbocycles. The fraction of sp³-hybridized carbons (Fsp3) is 0.263. The van der Waals surface area contributed by atoms with Gasteiger partial charge in [-0.2, -0.15) is 9.41 Å². The molecule has 1 amide bonds. The molecular weight excluding hydrogens is 446 g/mol. The van der Waals surface area contributed by atoms with Crippen LogP contribution in [-0.4, -0.2) is 43.0 Å². The van der Waals surface area contributed by atoms with Crippen molar-refractivity contribution >= 4 is 38.1 Å². The van der Waals surface area contributed by atoms with Crippen LogP contribution in [0.15, 0.2) is 63.0 Å². The first-order chi connectivity index (χ1) is 13.4. The third-order valence-corrected chi connectivity index (χ3v) is 7.00. The molecule has 1 aliphatic heterocycles. The van der Waals surface area contributed by atoms with Crippen LogP contribution in [0.2, 0.25) is 0 Å². The number of phenols is 1. The lowest BCUT2D eigenvalue weighted by Crippen LogP contribution is -2.42. The van der Waals surface area contributed by atoms with Gasteiger partial charge in [-0.15, -0.1) is 0 Å². The highest BCUT2D eigenvalue weighted by Gasteiger charge is 2.32. The topological polar surface area (TPSA) is 99.1 Å². The fourth-order valence-corrected chi connectivity index (χ4v) is 4.67. The Bertz CT molecular complexity index is 952. The Hall–Kier alpha value is -2.23. The molecule has 0 unspecified atom stereocenters. The highest BCUT2D eigenvalue weighted by molar-refractivity contribution is 9.10. The third kappa shape index (κ3) is 4.98. The lowest BCUT2D eigenvalue weighted by atomic mass is 9.98. The van der Waals surface area contributed by atoms with Crippen LogP contribution in [0, 0.1) is 5.92 Å². The van der Waals surface area contributed by atoms with Gasteiger partial charge in [-0.3, -0.25) is 4.79 Å². The van der Waals surface area contributed by atoms with Crippen molar-refractivity contribution in [3.8, 4) is 5.75 Å². The number of piperidine rings is 1. The van der Waals surface area contributed by atoms with Crippen molar-refractivity contribution in [2.75, 3.05) is 13.1 Å². The summed E-state index contributed by atoms with van der Waals surface area (Å²) in [6, 6.07) is 12.9. The zero-order valence-corrected chi connectivity index (χ0v) is 17.4. The molecule has 2 aromatic carbocycles. The molecule has 2 aromatic rings. The van der Waals surface area contributed by atoms with Crippen molar-refractivity contribution in [3.05, 3.63) is 58.6 Å². The minimum atomic E-state index is -3.55. The van der Waals surface area contributed by atoms with Crippen LogP contribution in [0.5, 0.6) is 5.75 Å². The van der Waals surface area contributed by atoms with E-state index in [4.69, 9.17) is 0 Å². The summed E-state index contributed by atoms with van der Waals surface area (Å²) in [5.74, 6) is -0.352. The maximum atomic E-state index is 12.7. The lowest BCUT2D eigenvalue weighted by molar-refractivity contribution is -0.126. The van der Waals surface area contributed by atoms with Gasteiger partial charge < -0.3 is 5.11 Å². The van der Waals surface area contributed by atoms with E-state index < -0.39 is 10.0 Å². The summed E-state index contributed by atoms with van der Waals surface area (Å²) in [5.41, 5.74) is 3.25. The number of rotatable bonds is 5. The van der Waals surface area contributed by atoms with Crippen molar-refractivity contribution in [1.82, 2.24) is 9.73 Å². The summed E-state index contributed by atoms with van der Waals surface area (Å²) >= 11 is 3.30. The number of aromatic hydroxyl groups is 1. The van der Waals surface area contributed by atoms with Crippen LogP contribution < -0.4 is 5.43 Å². The zero-order chi connectivity index (χ0) is 20.1. The molecule has 0 bridgehead atoms. The molecule has 1 aliphatic rings. The van der Waals surface area contributed by atoms with E-state index in [1.807, 2.05) is 0 Å². The normalized spacial score (nSPS) is 16.3. The molecule has 148 valence electrons. The molecule has 0 aliphatic carbocycles. The largest absolute Gasteiger partial charge is 0.508 e. The molecule has 0 atom stereocenters. The summed E-state index contributed by atoms with van der Waals surface area (Å²) in [4.78, 5) is 12.5. The molecule has 9 heteroatoms.